The van der Waals surface area contributed by atoms with Crippen molar-refractivity contribution in [2.24, 2.45) is 0 Å². The van der Waals surface area contributed by atoms with Crippen molar-refractivity contribution < 1.29 is 18.3 Å². The van der Waals surface area contributed by atoms with E-state index < -0.39 is 17.7 Å². The number of carbonyl (C=O) groups excluding carboxylic acids is 1. The first-order chi connectivity index (χ1) is 7.52. The van der Waals surface area contributed by atoms with Crippen LogP contribution < -0.4 is 10.6 Å². The van der Waals surface area contributed by atoms with Crippen molar-refractivity contribution in [1.82, 2.24) is 5.32 Å². The molecule has 4 nitrogen and oxygen atoms in total. The van der Waals surface area contributed by atoms with Crippen LogP contribution in [-0.2, 0) is 4.74 Å². The SMILES string of the molecule is COC(=O)NC(=S)Nc1ccc(F)cc1F. The molecule has 1 aromatic rings. The summed E-state index contributed by atoms with van der Waals surface area (Å²) in [5.74, 6) is -1.51. The van der Waals surface area contributed by atoms with Gasteiger partial charge in [-0.05, 0) is 24.4 Å². The van der Waals surface area contributed by atoms with Crippen molar-refractivity contribution in [3.63, 3.8) is 0 Å². The van der Waals surface area contributed by atoms with Crippen molar-refractivity contribution in [2.45, 2.75) is 0 Å². The summed E-state index contributed by atoms with van der Waals surface area (Å²) in [4.78, 5) is 10.7. The third-order valence-corrected chi connectivity index (χ3v) is 1.78. The van der Waals surface area contributed by atoms with E-state index >= 15 is 0 Å². The fraction of sp³-hybridized carbons (Fsp3) is 0.111. The number of alkyl carbamates (subject to hydrolysis) is 1. The molecule has 0 heterocycles. The molecule has 0 aromatic heterocycles. The number of rotatable bonds is 1. The Hall–Kier alpha value is -1.76. The Kier molecular flexibility index (Phi) is 4.12. The standard InChI is InChI=1S/C9H8F2N2O2S/c1-15-9(14)13-8(16)12-7-3-2-5(10)4-6(7)11/h2-4H,1H3,(H2,12,13,14,16). The van der Waals surface area contributed by atoms with Crippen molar-refractivity contribution in [3.05, 3.63) is 29.8 Å². The minimum absolute atomic E-state index is 0.0391. The second-order valence-corrected chi connectivity index (χ2v) is 3.10. The Balaban J connectivity index is 2.66. The van der Waals surface area contributed by atoms with Crippen LogP contribution in [0.1, 0.15) is 0 Å². The number of hydrogen-bond acceptors (Lipinski definition) is 3. The van der Waals surface area contributed by atoms with Crippen molar-refractivity contribution in [3.8, 4) is 0 Å². The zero-order valence-corrected chi connectivity index (χ0v) is 9.03. The van der Waals surface area contributed by atoms with Crippen LogP contribution in [0.4, 0.5) is 19.3 Å². The van der Waals surface area contributed by atoms with Gasteiger partial charge in [0.25, 0.3) is 0 Å². The molecular formula is C9H8F2N2O2S. The molecule has 0 saturated carbocycles. The number of thiocarbonyl (C=S) groups is 1. The Bertz CT molecular complexity index is 426. The largest absolute Gasteiger partial charge is 0.453 e. The van der Waals surface area contributed by atoms with Crippen LogP contribution in [0.15, 0.2) is 18.2 Å². The molecular weight excluding hydrogens is 238 g/mol. The highest BCUT2D eigenvalue weighted by molar-refractivity contribution is 7.80. The van der Waals surface area contributed by atoms with Crippen LogP contribution >= 0.6 is 12.2 Å². The predicted octanol–water partition coefficient (Wildman–Crippen LogP) is 2.02. The van der Waals surface area contributed by atoms with E-state index in [0.717, 1.165) is 19.2 Å². The zero-order chi connectivity index (χ0) is 12.1. The zero-order valence-electron chi connectivity index (χ0n) is 8.21. The topological polar surface area (TPSA) is 50.4 Å². The molecule has 1 aromatic carbocycles. The van der Waals surface area contributed by atoms with Gasteiger partial charge < -0.3 is 10.1 Å². The smallest absolute Gasteiger partial charge is 0.413 e. The number of anilines is 1. The molecule has 0 fully saturated rings. The normalized spacial score (nSPS) is 9.44. The maximum Gasteiger partial charge on any atom is 0.413 e. The van der Waals surface area contributed by atoms with E-state index in [1.807, 2.05) is 0 Å². The summed E-state index contributed by atoms with van der Waals surface area (Å²) in [6.07, 6.45) is -0.778. The molecule has 0 spiro atoms. The van der Waals surface area contributed by atoms with Crippen LogP contribution in [0, 0.1) is 11.6 Å². The van der Waals surface area contributed by atoms with E-state index in [4.69, 9.17) is 0 Å². The first-order valence-corrected chi connectivity index (χ1v) is 4.54. The average Bonchev–Trinajstić information content (AvgIpc) is 2.22. The molecule has 0 unspecified atom stereocenters. The lowest BCUT2D eigenvalue weighted by molar-refractivity contribution is 0.177. The average molecular weight is 246 g/mol. The van der Waals surface area contributed by atoms with Crippen LogP contribution in [0.3, 0.4) is 0 Å². The molecule has 0 atom stereocenters. The fourth-order valence-electron chi connectivity index (χ4n) is 0.888. The first-order valence-electron chi connectivity index (χ1n) is 4.14. The number of nitrogens with one attached hydrogen (secondary N) is 2. The van der Waals surface area contributed by atoms with Crippen molar-refractivity contribution in [1.29, 1.82) is 0 Å². The summed E-state index contributed by atoms with van der Waals surface area (Å²) in [5, 5.41) is 4.36. The molecule has 1 amide bonds. The Morgan fingerprint density at radius 2 is 2.12 bits per heavy atom. The van der Waals surface area contributed by atoms with Gasteiger partial charge in [-0.15, -0.1) is 0 Å². The van der Waals surface area contributed by atoms with Gasteiger partial charge >= 0.3 is 6.09 Å². The molecule has 7 heteroatoms. The second kappa shape index (κ2) is 5.36. The van der Waals surface area contributed by atoms with Crippen molar-refractivity contribution in [2.75, 3.05) is 12.4 Å². The van der Waals surface area contributed by atoms with Crippen LogP contribution in [-0.4, -0.2) is 18.3 Å². The first kappa shape index (κ1) is 12.3. The van der Waals surface area contributed by atoms with Crippen LogP contribution in [0.25, 0.3) is 0 Å². The molecule has 0 aliphatic heterocycles. The molecule has 2 N–H and O–H groups in total. The number of carbonyl (C=O) groups is 1. The van der Waals surface area contributed by atoms with E-state index in [1.54, 1.807) is 0 Å². The van der Waals surface area contributed by atoms with Gasteiger partial charge in [-0.25, -0.2) is 13.6 Å². The number of methoxy groups -OCH3 is 1. The highest BCUT2D eigenvalue weighted by Crippen LogP contribution is 2.14. The molecule has 0 bridgehead atoms. The second-order valence-electron chi connectivity index (χ2n) is 2.69. The summed E-state index contributed by atoms with van der Waals surface area (Å²) in [6, 6.07) is 2.92. The van der Waals surface area contributed by atoms with Crippen molar-refractivity contribution >= 4 is 29.1 Å². The fourth-order valence-corrected chi connectivity index (χ4v) is 1.08. The van der Waals surface area contributed by atoms with Gasteiger partial charge in [-0.3, -0.25) is 5.32 Å². The van der Waals surface area contributed by atoms with Gasteiger partial charge in [-0.2, -0.15) is 0 Å². The maximum atomic E-state index is 13.1. The summed E-state index contributed by atoms with van der Waals surface area (Å²) in [5.41, 5.74) is -0.0391. The van der Waals surface area contributed by atoms with Gasteiger partial charge in [0.15, 0.2) is 5.11 Å². The quantitative estimate of drug-likeness (QED) is 0.744. The van der Waals surface area contributed by atoms with E-state index in [2.05, 4.69) is 27.6 Å². The van der Waals surface area contributed by atoms with Gasteiger partial charge in [0.1, 0.15) is 11.6 Å². The highest BCUT2D eigenvalue weighted by atomic mass is 32.1. The third kappa shape index (κ3) is 3.43. The number of benzene rings is 1. The molecule has 0 saturated heterocycles. The molecule has 86 valence electrons. The summed E-state index contributed by atoms with van der Waals surface area (Å²) >= 11 is 4.69. The minimum Gasteiger partial charge on any atom is -0.453 e. The number of halogens is 2. The van der Waals surface area contributed by atoms with Gasteiger partial charge in [-0.1, -0.05) is 0 Å². The Morgan fingerprint density at radius 3 is 2.69 bits per heavy atom. The lowest BCUT2D eigenvalue weighted by Gasteiger charge is -2.09. The monoisotopic (exact) mass is 246 g/mol. The molecule has 16 heavy (non-hydrogen) atoms. The Morgan fingerprint density at radius 1 is 1.44 bits per heavy atom. The lowest BCUT2D eigenvalue weighted by Crippen LogP contribution is -2.34. The molecule has 1 rings (SSSR count). The summed E-state index contributed by atoms with van der Waals surface area (Å²) < 4.78 is 30.0. The summed E-state index contributed by atoms with van der Waals surface area (Å²) in [7, 11) is 1.16. The van der Waals surface area contributed by atoms with E-state index in [0.29, 0.717) is 6.07 Å². The third-order valence-electron chi connectivity index (χ3n) is 1.58. The highest BCUT2D eigenvalue weighted by Gasteiger charge is 2.07. The number of hydrogen-bond donors (Lipinski definition) is 2. The molecule has 0 aliphatic carbocycles. The molecule has 0 aliphatic rings. The Labute approximate surface area is 95.6 Å². The van der Waals surface area contributed by atoms with Gasteiger partial charge in [0, 0.05) is 6.07 Å². The van der Waals surface area contributed by atoms with Crippen LogP contribution in [0.2, 0.25) is 0 Å². The van der Waals surface area contributed by atoms with Gasteiger partial charge in [0.2, 0.25) is 0 Å². The summed E-state index contributed by atoms with van der Waals surface area (Å²) in [6.45, 7) is 0. The van der Waals surface area contributed by atoms with Gasteiger partial charge in [0.05, 0.1) is 12.8 Å². The lowest BCUT2D eigenvalue weighted by atomic mass is 10.3. The van der Waals surface area contributed by atoms with E-state index in [1.165, 1.54) is 0 Å². The minimum atomic E-state index is -0.811. The van der Waals surface area contributed by atoms with Crippen LogP contribution in [0.5, 0.6) is 0 Å². The molecule has 0 radical (unpaired) electrons. The number of ether oxygens (including phenoxy) is 1. The van der Waals surface area contributed by atoms with E-state index in [-0.39, 0.29) is 10.8 Å². The predicted molar refractivity (Wildman–Crippen MR) is 58.1 cm³/mol. The maximum absolute atomic E-state index is 13.1. The number of amides is 1. The van der Waals surface area contributed by atoms with E-state index in [9.17, 15) is 13.6 Å².